The molecule has 154 valence electrons. The van der Waals surface area contributed by atoms with Gasteiger partial charge in [0, 0.05) is 34.9 Å². The van der Waals surface area contributed by atoms with E-state index in [1.54, 1.807) is 18.6 Å². The van der Waals surface area contributed by atoms with E-state index in [2.05, 4.69) is 20.6 Å². The summed E-state index contributed by atoms with van der Waals surface area (Å²) >= 11 is 0. The molecule has 0 aliphatic heterocycles. The predicted octanol–water partition coefficient (Wildman–Crippen LogP) is 5.25. The number of para-hydroxylation sites is 1. The Morgan fingerprint density at radius 3 is 2.23 bits per heavy atom. The summed E-state index contributed by atoms with van der Waals surface area (Å²) in [6.45, 7) is 2.44. The van der Waals surface area contributed by atoms with Crippen LogP contribution in [0.1, 0.15) is 6.92 Å². The molecule has 2 aromatic carbocycles. The fourth-order valence-corrected chi connectivity index (χ4v) is 3.01. The number of amides is 2. The maximum absolute atomic E-state index is 12.2. The molecular formula is C24H21N5O2. The first-order chi connectivity index (χ1) is 15.2. The highest BCUT2D eigenvalue weighted by molar-refractivity contribution is 5.99. The lowest BCUT2D eigenvalue weighted by Crippen LogP contribution is -2.19. The number of hydrogen-bond donors (Lipinski definition) is 2. The fourth-order valence-electron chi connectivity index (χ4n) is 3.01. The Labute approximate surface area is 180 Å². The van der Waals surface area contributed by atoms with Crippen LogP contribution in [0.5, 0.6) is 5.75 Å². The highest BCUT2D eigenvalue weighted by atomic mass is 16.5. The molecule has 0 aliphatic carbocycles. The summed E-state index contributed by atoms with van der Waals surface area (Å²) in [5, 5.41) is 5.60. The van der Waals surface area contributed by atoms with Gasteiger partial charge < -0.3 is 15.4 Å². The Bertz CT molecular complexity index is 1150. The summed E-state index contributed by atoms with van der Waals surface area (Å²) in [5.41, 5.74) is 3.82. The third-order valence-corrected chi connectivity index (χ3v) is 4.44. The van der Waals surface area contributed by atoms with Gasteiger partial charge in [-0.3, -0.25) is 4.98 Å². The molecule has 0 atom stereocenters. The van der Waals surface area contributed by atoms with Crippen LogP contribution in [0.3, 0.4) is 0 Å². The van der Waals surface area contributed by atoms with Gasteiger partial charge in [0.1, 0.15) is 5.69 Å². The Balaban J connectivity index is 1.53. The quantitative estimate of drug-likeness (QED) is 0.452. The van der Waals surface area contributed by atoms with Crippen molar-refractivity contribution in [2.75, 3.05) is 17.2 Å². The molecule has 0 bridgehead atoms. The molecule has 2 amide bonds. The molecule has 0 spiro atoms. The number of carbonyl (C=O) groups is 1. The average molecular weight is 411 g/mol. The number of nitrogens with zero attached hydrogens (tertiary/aromatic N) is 3. The lowest BCUT2D eigenvalue weighted by Gasteiger charge is -2.11. The third-order valence-electron chi connectivity index (χ3n) is 4.44. The van der Waals surface area contributed by atoms with Gasteiger partial charge in [-0.05, 0) is 55.5 Å². The number of rotatable bonds is 6. The van der Waals surface area contributed by atoms with E-state index in [9.17, 15) is 4.79 Å². The number of hydrogen-bond acceptors (Lipinski definition) is 5. The maximum atomic E-state index is 12.2. The van der Waals surface area contributed by atoms with Crippen molar-refractivity contribution in [1.29, 1.82) is 0 Å². The second-order valence-corrected chi connectivity index (χ2v) is 6.60. The van der Waals surface area contributed by atoms with Crippen LogP contribution in [0.25, 0.3) is 22.6 Å². The van der Waals surface area contributed by atoms with Crippen molar-refractivity contribution < 1.29 is 9.53 Å². The van der Waals surface area contributed by atoms with Crippen molar-refractivity contribution in [3.05, 3.63) is 85.3 Å². The van der Waals surface area contributed by atoms with Crippen LogP contribution in [0.2, 0.25) is 0 Å². The molecule has 0 saturated heterocycles. The highest BCUT2D eigenvalue weighted by Gasteiger charge is 2.12. The average Bonchev–Trinajstić information content (AvgIpc) is 2.81. The molecule has 31 heavy (non-hydrogen) atoms. The summed E-state index contributed by atoms with van der Waals surface area (Å²) < 4.78 is 5.69. The van der Waals surface area contributed by atoms with Gasteiger partial charge >= 0.3 is 6.03 Å². The van der Waals surface area contributed by atoms with Crippen LogP contribution in [-0.2, 0) is 0 Å². The number of urea groups is 1. The molecule has 0 radical (unpaired) electrons. The van der Waals surface area contributed by atoms with Gasteiger partial charge in [-0.25, -0.2) is 14.8 Å². The molecule has 2 heterocycles. The molecule has 2 aromatic heterocycles. The molecule has 0 unspecified atom stereocenters. The Morgan fingerprint density at radius 2 is 1.55 bits per heavy atom. The van der Waals surface area contributed by atoms with Crippen molar-refractivity contribution in [1.82, 2.24) is 15.0 Å². The van der Waals surface area contributed by atoms with Gasteiger partial charge in [0.25, 0.3) is 0 Å². The van der Waals surface area contributed by atoms with Crippen LogP contribution in [0, 0.1) is 0 Å². The van der Waals surface area contributed by atoms with Gasteiger partial charge in [0.2, 0.25) is 0 Å². The number of benzene rings is 2. The first-order valence-electron chi connectivity index (χ1n) is 9.86. The third kappa shape index (κ3) is 5.02. The largest absolute Gasteiger partial charge is 0.490 e. The van der Waals surface area contributed by atoms with E-state index in [4.69, 9.17) is 9.72 Å². The topological polar surface area (TPSA) is 89.0 Å². The Kier molecular flexibility index (Phi) is 6.13. The summed E-state index contributed by atoms with van der Waals surface area (Å²) in [5.74, 6) is 1.18. The van der Waals surface area contributed by atoms with E-state index in [1.165, 1.54) is 0 Å². The second-order valence-electron chi connectivity index (χ2n) is 6.60. The van der Waals surface area contributed by atoms with Crippen LogP contribution in [0.15, 0.2) is 85.3 Å². The number of nitrogens with one attached hydrogen (secondary N) is 2. The summed E-state index contributed by atoms with van der Waals surface area (Å²) in [4.78, 5) is 25.4. The SMILES string of the molecule is CCOc1cnc(-c2ccc(NC(=O)Nc3ccccc3)cc2)nc1-c1ccncc1. The van der Waals surface area contributed by atoms with E-state index < -0.39 is 0 Å². The minimum Gasteiger partial charge on any atom is -0.490 e. The van der Waals surface area contributed by atoms with Crippen LogP contribution in [0.4, 0.5) is 16.2 Å². The minimum absolute atomic E-state index is 0.309. The van der Waals surface area contributed by atoms with Crippen LogP contribution in [-0.4, -0.2) is 27.6 Å². The van der Waals surface area contributed by atoms with Crippen molar-refractivity contribution in [2.24, 2.45) is 0 Å². The Morgan fingerprint density at radius 1 is 0.871 bits per heavy atom. The van der Waals surface area contributed by atoms with Gasteiger partial charge in [0.05, 0.1) is 12.8 Å². The first-order valence-corrected chi connectivity index (χ1v) is 9.86. The molecule has 7 nitrogen and oxygen atoms in total. The molecule has 4 rings (SSSR count). The molecule has 2 N–H and O–H groups in total. The molecular weight excluding hydrogens is 390 g/mol. The predicted molar refractivity (Wildman–Crippen MR) is 121 cm³/mol. The number of pyridine rings is 1. The summed E-state index contributed by atoms with van der Waals surface area (Å²) in [6.07, 6.45) is 5.11. The lowest BCUT2D eigenvalue weighted by atomic mass is 10.1. The molecule has 0 aliphatic rings. The molecule has 4 aromatic rings. The van der Waals surface area contributed by atoms with Crippen molar-refractivity contribution in [2.45, 2.75) is 6.92 Å². The second kappa shape index (κ2) is 9.49. The molecule has 7 heteroatoms. The van der Waals surface area contributed by atoms with Gasteiger partial charge in [-0.2, -0.15) is 0 Å². The minimum atomic E-state index is -0.309. The standard InChI is InChI=1S/C24H21N5O2/c1-2-31-21-16-26-23(29-22(21)17-12-14-25-15-13-17)18-8-10-20(11-9-18)28-24(30)27-19-6-4-3-5-7-19/h3-16H,2H2,1H3,(H2,27,28,30). The smallest absolute Gasteiger partial charge is 0.323 e. The monoisotopic (exact) mass is 411 g/mol. The maximum Gasteiger partial charge on any atom is 0.323 e. The van der Waals surface area contributed by atoms with E-state index in [0.717, 1.165) is 16.8 Å². The summed E-state index contributed by atoms with van der Waals surface area (Å²) in [7, 11) is 0. The highest BCUT2D eigenvalue weighted by Crippen LogP contribution is 2.29. The van der Waals surface area contributed by atoms with E-state index in [0.29, 0.717) is 29.6 Å². The van der Waals surface area contributed by atoms with Gasteiger partial charge in [-0.15, -0.1) is 0 Å². The Hall–Kier alpha value is -4.26. The van der Waals surface area contributed by atoms with Gasteiger partial charge in [-0.1, -0.05) is 18.2 Å². The molecule has 0 fully saturated rings. The first kappa shape index (κ1) is 20.0. The zero-order valence-corrected chi connectivity index (χ0v) is 16.9. The van der Waals surface area contributed by atoms with E-state index in [-0.39, 0.29) is 6.03 Å². The lowest BCUT2D eigenvalue weighted by molar-refractivity contribution is 0.262. The normalized spacial score (nSPS) is 10.4. The number of carbonyl (C=O) groups excluding carboxylic acids is 1. The number of anilines is 2. The fraction of sp³-hybridized carbons (Fsp3) is 0.0833. The van der Waals surface area contributed by atoms with Crippen molar-refractivity contribution >= 4 is 17.4 Å². The zero-order chi connectivity index (χ0) is 21.5. The van der Waals surface area contributed by atoms with Crippen molar-refractivity contribution in [3.8, 4) is 28.4 Å². The van der Waals surface area contributed by atoms with Crippen molar-refractivity contribution in [3.63, 3.8) is 0 Å². The molecule has 0 saturated carbocycles. The summed E-state index contributed by atoms with van der Waals surface area (Å²) in [6, 6.07) is 20.1. The number of aromatic nitrogens is 3. The number of ether oxygens (including phenoxy) is 1. The zero-order valence-electron chi connectivity index (χ0n) is 16.9. The van der Waals surface area contributed by atoms with E-state index in [1.807, 2.05) is 73.7 Å². The van der Waals surface area contributed by atoms with Crippen LogP contribution < -0.4 is 15.4 Å². The van der Waals surface area contributed by atoms with E-state index >= 15 is 0 Å². The van der Waals surface area contributed by atoms with Gasteiger partial charge in [0.15, 0.2) is 11.6 Å². The van der Waals surface area contributed by atoms with Crippen LogP contribution >= 0.6 is 0 Å².